The van der Waals surface area contributed by atoms with Gasteiger partial charge in [0.15, 0.2) is 11.6 Å². The minimum Gasteiger partial charge on any atom is -0.354 e. The molecule has 4 heterocycles. The van der Waals surface area contributed by atoms with E-state index in [4.69, 9.17) is 15.0 Å². The number of hydrogen-bond donors (Lipinski definition) is 0. The normalized spacial score (nSPS) is 16.4. The summed E-state index contributed by atoms with van der Waals surface area (Å²) in [5.41, 5.74) is 4.02. The summed E-state index contributed by atoms with van der Waals surface area (Å²) in [6.45, 7) is 7.64. The van der Waals surface area contributed by atoms with Crippen LogP contribution in [0.2, 0.25) is 0 Å². The first-order chi connectivity index (χ1) is 16.7. The lowest BCUT2D eigenvalue weighted by atomic mass is 10.1. The summed E-state index contributed by atoms with van der Waals surface area (Å²) in [5.74, 6) is 3.85. The number of anilines is 3. The zero-order valence-electron chi connectivity index (χ0n) is 19.6. The van der Waals surface area contributed by atoms with Gasteiger partial charge in [-0.2, -0.15) is 0 Å². The van der Waals surface area contributed by atoms with Crippen LogP contribution in [0.5, 0.6) is 0 Å². The van der Waals surface area contributed by atoms with Crippen LogP contribution in [0.4, 0.5) is 17.5 Å². The Hall–Kier alpha value is -3.74. The molecule has 34 heavy (non-hydrogen) atoms. The second kappa shape index (κ2) is 8.89. The number of rotatable bonds is 4. The molecule has 0 N–H and O–H groups in total. The average molecular weight is 452 g/mol. The van der Waals surface area contributed by atoms with Crippen LogP contribution in [0.15, 0.2) is 60.7 Å². The maximum atomic E-state index is 5.09. The van der Waals surface area contributed by atoms with Gasteiger partial charge in [-0.15, -0.1) is 0 Å². The number of aromatic nitrogens is 4. The molecule has 172 valence electrons. The topological polar surface area (TPSA) is 61.3 Å². The highest BCUT2D eigenvalue weighted by Crippen LogP contribution is 2.32. The third kappa shape index (κ3) is 4.02. The number of aryl methyl sites for hydroxylation is 1. The van der Waals surface area contributed by atoms with Gasteiger partial charge in [-0.25, -0.2) is 19.9 Å². The van der Waals surface area contributed by atoms with Gasteiger partial charge >= 0.3 is 0 Å². The molecule has 0 saturated carbocycles. The fourth-order valence-corrected chi connectivity index (χ4v) is 4.95. The lowest BCUT2D eigenvalue weighted by molar-refractivity contribution is 0.639. The molecular weight excluding hydrogens is 422 g/mol. The number of fused-ring (bicyclic) bond motifs is 1. The summed E-state index contributed by atoms with van der Waals surface area (Å²) in [6.07, 6.45) is 2.44. The van der Waals surface area contributed by atoms with Crippen molar-refractivity contribution in [3.05, 3.63) is 66.5 Å². The van der Waals surface area contributed by atoms with Crippen molar-refractivity contribution in [2.75, 3.05) is 54.0 Å². The first kappa shape index (κ1) is 20.8. The van der Waals surface area contributed by atoms with Crippen molar-refractivity contribution in [3.8, 4) is 11.3 Å². The zero-order valence-corrected chi connectivity index (χ0v) is 19.6. The van der Waals surface area contributed by atoms with E-state index in [9.17, 15) is 0 Å². The molecule has 0 unspecified atom stereocenters. The molecule has 0 atom stereocenters. The van der Waals surface area contributed by atoms with Crippen LogP contribution in [-0.4, -0.2) is 59.2 Å². The second-order valence-corrected chi connectivity index (χ2v) is 9.05. The van der Waals surface area contributed by atoms with Gasteiger partial charge < -0.3 is 14.7 Å². The van der Waals surface area contributed by atoms with E-state index in [0.29, 0.717) is 0 Å². The standard InChI is InChI=1S/C27H29N7/c1-20-28-24(21-9-3-2-4-10-21)19-25(29-20)32-15-17-34(18-16-32)27-26(33-13-7-8-14-33)30-22-11-5-6-12-23(22)31-27/h2-6,9-12,19H,7-8,13-18H2,1H3. The monoisotopic (exact) mass is 451 g/mol. The lowest BCUT2D eigenvalue weighted by Gasteiger charge is -2.37. The Labute approximate surface area is 200 Å². The number of hydrogen-bond acceptors (Lipinski definition) is 7. The minimum absolute atomic E-state index is 0.801. The highest BCUT2D eigenvalue weighted by atomic mass is 15.3. The van der Waals surface area contributed by atoms with Crippen molar-refractivity contribution < 1.29 is 0 Å². The Balaban J connectivity index is 1.26. The number of para-hydroxylation sites is 2. The third-order valence-corrected chi connectivity index (χ3v) is 6.74. The van der Waals surface area contributed by atoms with Gasteiger partial charge in [-0.1, -0.05) is 42.5 Å². The Morgan fingerprint density at radius 3 is 1.79 bits per heavy atom. The van der Waals surface area contributed by atoms with E-state index < -0.39 is 0 Å². The van der Waals surface area contributed by atoms with E-state index in [1.54, 1.807) is 0 Å². The first-order valence-corrected chi connectivity index (χ1v) is 12.2. The fraction of sp³-hybridized carbons (Fsp3) is 0.333. The highest BCUT2D eigenvalue weighted by molar-refractivity contribution is 5.81. The molecule has 0 bridgehead atoms. The van der Waals surface area contributed by atoms with Crippen LogP contribution in [0.25, 0.3) is 22.3 Å². The van der Waals surface area contributed by atoms with Gasteiger partial charge in [0.1, 0.15) is 11.6 Å². The second-order valence-electron chi connectivity index (χ2n) is 9.05. The molecule has 4 aromatic rings. The van der Waals surface area contributed by atoms with Gasteiger partial charge in [-0.3, -0.25) is 0 Å². The molecule has 0 radical (unpaired) electrons. The molecule has 2 aromatic carbocycles. The summed E-state index contributed by atoms with van der Waals surface area (Å²) in [5, 5.41) is 0. The van der Waals surface area contributed by atoms with Crippen molar-refractivity contribution in [2.24, 2.45) is 0 Å². The van der Waals surface area contributed by atoms with E-state index in [0.717, 1.165) is 84.8 Å². The third-order valence-electron chi connectivity index (χ3n) is 6.74. The predicted molar refractivity (Wildman–Crippen MR) is 138 cm³/mol. The van der Waals surface area contributed by atoms with Crippen molar-refractivity contribution in [1.29, 1.82) is 0 Å². The van der Waals surface area contributed by atoms with Crippen LogP contribution < -0.4 is 14.7 Å². The van der Waals surface area contributed by atoms with Gasteiger partial charge in [0, 0.05) is 50.9 Å². The number of piperazine rings is 1. The smallest absolute Gasteiger partial charge is 0.172 e. The van der Waals surface area contributed by atoms with Gasteiger partial charge in [0.2, 0.25) is 0 Å². The van der Waals surface area contributed by atoms with E-state index in [-0.39, 0.29) is 0 Å². The first-order valence-electron chi connectivity index (χ1n) is 12.2. The van der Waals surface area contributed by atoms with Crippen LogP contribution in [0.1, 0.15) is 18.7 Å². The van der Waals surface area contributed by atoms with E-state index in [1.807, 2.05) is 37.3 Å². The van der Waals surface area contributed by atoms with Crippen molar-refractivity contribution >= 4 is 28.5 Å². The molecule has 7 nitrogen and oxygen atoms in total. The molecule has 2 saturated heterocycles. The predicted octanol–water partition coefficient (Wildman–Crippen LogP) is 4.32. The van der Waals surface area contributed by atoms with E-state index in [2.05, 4.69) is 50.0 Å². The summed E-state index contributed by atoms with van der Waals surface area (Å²) in [6, 6.07) is 20.6. The average Bonchev–Trinajstić information content (AvgIpc) is 3.43. The zero-order chi connectivity index (χ0) is 22.9. The number of nitrogens with zero attached hydrogens (tertiary/aromatic N) is 7. The van der Waals surface area contributed by atoms with Crippen molar-refractivity contribution in [1.82, 2.24) is 19.9 Å². The number of benzene rings is 2. The van der Waals surface area contributed by atoms with Gasteiger partial charge in [0.25, 0.3) is 0 Å². The molecule has 2 aromatic heterocycles. The maximum absolute atomic E-state index is 5.09. The van der Waals surface area contributed by atoms with Crippen molar-refractivity contribution in [3.63, 3.8) is 0 Å². The van der Waals surface area contributed by atoms with Crippen LogP contribution in [0.3, 0.4) is 0 Å². The molecule has 2 aliphatic rings. The lowest BCUT2D eigenvalue weighted by Crippen LogP contribution is -2.47. The summed E-state index contributed by atoms with van der Waals surface area (Å²) in [4.78, 5) is 26.7. The van der Waals surface area contributed by atoms with Gasteiger partial charge in [0.05, 0.1) is 16.7 Å². The molecule has 0 aliphatic carbocycles. The fourth-order valence-electron chi connectivity index (χ4n) is 4.95. The summed E-state index contributed by atoms with van der Waals surface area (Å²) < 4.78 is 0. The maximum Gasteiger partial charge on any atom is 0.172 e. The minimum atomic E-state index is 0.801. The summed E-state index contributed by atoms with van der Waals surface area (Å²) in [7, 11) is 0. The summed E-state index contributed by atoms with van der Waals surface area (Å²) >= 11 is 0. The van der Waals surface area contributed by atoms with E-state index in [1.165, 1.54) is 12.8 Å². The van der Waals surface area contributed by atoms with Crippen molar-refractivity contribution in [2.45, 2.75) is 19.8 Å². The molecule has 2 fully saturated rings. The Bertz CT molecular complexity index is 1290. The highest BCUT2D eigenvalue weighted by Gasteiger charge is 2.26. The Morgan fingerprint density at radius 2 is 1.15 bits per heavy atom. The SMILES string of the molecule is Cc1nc(-c2ccccc2)cc(N2CCN(c3nc4ccccc4nc3N3CCCC3)CC2)n1. The molecule has 7 heteroatoms. The molecule has 6 rings (SSSR count). The molecule has 2 aliphatic heterocycles. The van der Waals surface area contributed by atoms with E-state index >= 15 is 0 Å². The largest absolute Gasteiger partial charge is 0.354 e. The van der Waals surface area contributed by atoms with Crippen LogP contribution in [-0.2, 0) is 0 Å². The Kier molecular flexibility index (Phi) is 5.45. The quantitative estimate of drug-likeness (QED) is 0.458. The Morgan fingerprint density at radius 1 is 0.588 bits per heavy atom. The molecule has 0 spiro atoms. The van der Waals surface area contributed by atoms with Crippen LogP contribution in [0, 0.1) is 6.92 Å². The van der Waals surface area contributed by atoms with Gasteiger partial charge in [-0.05, 0) is 31.9 Å². The molecular formula is C27H29N7. The van der Waals surface area contributed by atoms with Crippen LogP contribution >= 0.6 is 0 Å². The molecule has 0 amide bonds.